The van der Waals surface area contributed by atoms with Gasteiger partial charge in [-0.15, -0.1) is 0 Å². The maximum atomic E-state index is 12.6. The average molecular weight is 693 g/mol. The van der Waals surface area contributed by atoms with Gasteiger partial charge in [0, 0.05) is 12.8 Å². The quantitative estimate of drug-likeness (QED) is 0.0347. The van der Waals surface area contributed by atoms with Gasteiger partial charge in [0.05, 0.1) is 6.61 Å². The molecule has 1 aliphatic carbocycles. The predicted octanol–water partition coefficient (Wildman–Crippen LogP) is 3.93. The highest BCUT2D eigenvalue weighted by Gasteiger charge is 2.51. The van der Waals surface area contributed by atoms with Crippen LogP contribution in [-0.4, -0.2) is 98.3 Å². The van der Waals surface area contributed by atoms with Crippen LogP contribution in [0.4, 0.5) is 0 Å². The van der Waals surface area contributed by atoms with Crippen molar-refractivity contribution in [2.45, 2.75) is 146 Å². The first-order valence-electron chi connectivity index (χ1n) is 16.8. The monoisotopic (exact) mass is 692 g/mol. The topological polar surface area (TPSA) is 210 Å². The van der Waals surface area contributed by atoms with Gasteiger partial charge in [0.2, 0.25) is 0 Å². The van der Waals surface area contributed by atoms with E-state index < -0.39 is 75.7 Å². The lowest BCUT2D eigenvalue weighted by Gasteiger charge is -2.41. The molecule has 0 radical (unpaired) electrons. The third-order valence-corrected chi connectivity index (χ3v) is 8.48. The molecule has 0 saturated heterocycles. The van der Waals surface area contributed by atoms with E-state index in [-0.39, 0.29) is 12.8 Å². The van der Waals surface area contributed by atoms with E-state index in [9.17, 15) is 44.6 Å². The molecule has 13 nitrogen and oxygen atoms in total. The van der Waals surface area contributed by atoms with E-state index in [0.717, 1.165) is 64.2 Å². The molecule has 0 heterocycles. The fraction of sp³-hybridized carbons (Fsp3) is 0.758. The van der Waals surface area contributed by atoms with Gasteiger partial charge < -0.3 is 39.9 Å². The second kappa shape index (κ2) is 25.1. The van der Waals surface area contributed by atoms with Gasteiger partial charge in [-0.05, 0) is 44.9 Å². The lowest BCUT2D eigenvalue weighted by atomic mass is 9.85. The first-order valence-corrected chi connectivity index (χ1v) is 18.3. The number of aliphatic hydroxyl groups excluding tert-OH is 5. The maximum absolute atomic E-state index is 12.6. The highest BCUT2D eigenvalue weighted by molar-refractivity contribution is 7.47. The molecule has 0 spiro atoms. The lowest BCUT2D eigenvalue weighted by molar-refractivity contribution is -0.220. The Hall–Kier alpha value is -1.93. The van der Waals surface area contributed by atoms with Gasteiger partial charge in [-0.25, -0.2) is 4.57 Å². The molecule has 1 saturated carbocycles. The number of ether oxygens (including phenoxy) is 2. The molecular formula is C33H57O13P. The van der Waals surface area contributed by atoms with Crippen LogP contribution in [0.25, 0.3) is 0 Å². The summed E-state index contributed by atoms with van der Waals surface area (Å²) in [7, 11) is -5.09. The number of unbranched alkanes of at least 4 members (excludes halogenated alkanes) is 7. The molecule has 47 heavy (non-hydrogen) atoms. The summed E-state index contributed by atoms with van der Waals surface area (Å²) in [6.45, 7) is 2.90. The smallest absolute Gasteiger partial charge is 0.462 e. The van der Waals surface area contributed by atoms with Gasteiger partial charge in [-0.1, -0.05) is 82.4 Å². The summed E-state index contributed by atoms with van der Waals surface area (Å²) in [5.41, 5.74) is 0. The number of phosphoric ester groups is 1. The fourth-order valence-electron chi connectivity index (χ4n) is 4.71. The van der Waals surface area contributed by atoms with Gasteiger partial charge in [0.15, 0.2) is 6.10 Å². The summed E-state index contributed by atoms with van der Waals surface area (Å²) in [4.78, 5) is 34.8. The van der Waals surface area contributed by atoms with Crippen molar-refractivity contribution in [2.75, 3.05) is 13.2 Å². The average Bonchev–Trinajstić information content (AvgIpc) is 3.04. The summed E-state index contributed by atoms with van der Waals surface area (Å²) in [6.07, 6.45) is 10.6. The fourth-order valence-corrected chi connectivity index (χ4v) is 5.68. The van der Waals surface area contributed by atoms with Crippen molar-refractivity contribution in [3.05, 3.63) is 36.5 Å². The normalized spacial score (nSPS) is 25.4. The minimum absolute atomic E-state index is 0.0759. The van der Waals surface area contributed by atoms with E-state index in [1.807, 2.05) is 6.92 Å². The van der Waals surface area contributed by atoms with Crippen molar-refractivity contribution in [2.24, 2.45) is 0 Å². The highest BCUT2D eigenvalue weighted by atomic mass is 31.2. The van der Waals surface area contributed by atoms with E-state index in [4.69, 9.17) is 18.5 Å². The van der Waals surface area contributed by atoms with Gasteiger partial charge in [-0.3, -0.25) is 18.6 Å². The van der Waals surface area contributed by atoms with Crippen LogP contribution in [-0.2, 0) is 32.7 Å². The minimum atomic E-state index is -5.09. The number of aliphatic hydroxyl groups is 5. The molecule has 0 aliphatic heterocycles. The lowest BCUT2D eigenvalue weighted by Crippen LogP contribution is -2.64. The Morgan fingerprint density at radius 2 is 1.21 bits per heavy atom. The number of carbonyl (C=O) groups is 2. The summed E-state index contributed by atoms with van der Waals surface area (Å²) >= 11 is 0. The van der Waals surface area contributed by atoms with E-state index in [0.29, 0.717) is 12.8 Å². The molecule has 0 bridgehead atoms. The van der Waals surface area contributed by atoms with E-state index in [2.05, 4.69) is 43.4 Å². The van der Waals surface area contributed by atoms with Crippen LogP contribution >= 0.6 is 7.82 Å². The van der Waals surface area contributed by atoms with Crippen molar-refractivity contribution >= 4 is 19.8 Å². The molecule has 6 N–H and O–H groups in total. The Morgan fingerprint density at radius 1 is 0.681 bits per heavy atom. The SMILES string of the molecule is CC/C=C\C/C=C\C/C=C\CCCCCCCC(=O)OC(COC(=O)CCCCC)COP(=O)(O)OC1C(O)C(O)C(O)C(O)C1O. The number of carbonyl (C=O) groups excluding carboxylic acids is 2. The van der Waals surface area contributed by atoms with Gasteiger partial charge in [0.1, 0.15) is 43.2 Å². The van der Waals surface area contributed by atoms with Gasteiger partial charge in [0.25, 0.3) is 0 Å². The summed E-state index contributed by atoms with van der Waals surface area (Å²) in [5, 5.41) is 49.6. The Labute approximate surface area is 278 Å². The number of rotatable bonds is 25. The summed E-state index contributed by atoms with van der Waals surface area (Å²) in [6, 6.07) is 0. The van der Waals surface area contributed by atoms with Crippen molar-refractivity contribution in [1.29, 1.82) is 0 Å². The Bertz CT molecular complexity index is 985. The van der Waals surface area contributed by atoms with E-state index >= 15 is 0 Å². The molecule has 14 heteroatoms. The summed E-state index contributed by atoms with van der Waals surface area (Å²) in [5.74, 6) is -1.15. The number of esters is 2. The Morgan fingerprint density at radius 3 is 1.85 bits per heavy atom. The molecule has 272 valence electrons. The van der Waals surface area contributed by atoms with Crippen molar-refractivity contribution in [1.82, 2.24) is 0 Å². The first kappa shape index (κ1) is 43.1. The minimum Gasteiger partial charge on any atom is -0.462 e. The molecule has 0 aromatic carbocycles. The Kier molecular flexibility index (Phi) is 23.0. The van der Waals surface area contributed by atoms with Crippen LogP contribution in [0.2, 0.25) is 0 Å². The zero-order valence-corrected chi connectivity index (χ0v) is 28.7. The van der Waals surface area contributed by atoms with Crippen LogP contribution < -0.4 is 0 Å². The second-order valence-electron chi connectivity index (χ2n) is 11.6. The first-order chi connectivity index (χ1) is 22.4. The van der Waals surface area contributed by atoms with E-state index in [1.54, 1.807) is 0 Å². The molecular weight excluding hydrogens is 635 g/mol. The molecule has 0 amide bonds. The maximum Gasteiger partial charge on any atom is 0.472 e. The molecule has 0 aromatic rings. The largest absolute Gasteiger partial charge is 0.472 e. The third-order valence-electron chi connectivity index (χ3n) is 7.50. The summed E-state index contributed by atoms with van der Waals surface area (Å²) < 4.78 is 32.9. The van der Waals surface area contributed by atoms with E-state index in [1.165, 1.54) is 0 Å². The number of allylic oxidation sites excluding steroid dienone is 6. The highest BCUT2D eigenvalue weighted by Crippen LogP contribution is 2.47. The van der Waals surface area contributed by atoms with Crippen LogP contribution in [0.5, 0.6) is 0 Å². The number of hydrogen-bond acceptors (Lipinski definition) is 12. The zero-order valence-electron chi connectivity index (χ0n) is 27.8. The van der Waals surface area contributed by atoms with Gasteiger partial charge >= 0.3 is 19.8 Å². The molecule has 0 aromatic heterocycles. The Balaban J connectivity index is 2.51. The van der Waals surface area contributed by atoms with Crippen molar-refractivity contribution < 1.29 is 63.1 Å². The van der Waals surface area contributed by atoms with Crippen molar-refractivity contribution in [3.8, 4) is 0 Å². The zero-order chi connectivity index (χ0) is 35.1. The van der Waals surface area contributed by atoms with Gasteiger partial charge in [-0.2, -0.15) is 0 Å². The molecule has 1 fully saturated rings. The van der Waals surface area contributed by atoms with Crippen LogP contribution in [0.3, 0.4) is 0 Å². The number of phosphoric acid groups is 1. The third kappa shape index (κ3) is 19.0. The van der Waals surface area contributed by atoms with Crippen molar-refractivity contribution in [3.63, 3.8) is 0 Å². The van der Waals surface area contributed by atoms with Crippen LogP contribution in [0.1, 0.15) is 104 Å². The molecule has 6 atom stereocenters. The molecule has 6 unspecified atom stereocenters. The molecule has 1 aliphatic rings. The van der Waals surface area contributed by atoms with Crippen LogP contribution in [0.15, 0.2) is 36.5 Å². The second-order valence-corrected chi connectivity index (χ2v) is 13.0. The van der Waals surface area contributed by atoms with Crippen LogP contribution in [0, 0.1) is 0 Å². The number of hydrogen-bond donors (Lipinski definition) is 6. The standard InChI is InChI=1S/C33H57O13P/c1-3-5-7-8-9-10-11-12-13-14-15-16-17-18-20-22-27(35)45-25(23-43-26(34)21-19-6-4-2)24-44-47(41,42)46-33-31(39)29(37)28(36)30(38)32(33)40/h5,7,9-10,12-13,25,28-33,36-40H,3-4,6,8,11,14-24H2,1-2H3,(H,41,42)/b7-5-,10-9-,13-12-. The molecule has 1 rings (SSSR count). The predicted molar refractivity (Wildman–Crippen MR) is 175 cm³/mol.